The SMILES string of the molecule is COc1ccc(CCN2C(=O)[C@H](CC(=O)Nc3ccc4ccccc4c3)SC2=Nc2ccc(C)cc2)cc1OC. The van der Waals surface area contributed by atoms with E-state index in [1.54, 1.807) is 19.1 Å². The second kappa shape index (κ2) is 12.3. The van der Waals surface area contributed by atoms with E-state index in [2.05, 4.69) is 5.32 Å². The summed E-state index contributed by atoms with van der Waals surface area (Å²) < 4.78 is 10.8. The van der Waals surface area contributed by atoms with E-state index in [1.807, 2.05) is 91.9 Å². The first-order valence-electron chi connectivity index (χ1n) is 13.1. The van der Waals surface area contributed by atoms with E-state index >= 15 is 0 Å². The van der Waals surface area contributed by atoms with E-state index in [-0.39, 0.29) is 18.2 Å². The number of methoxy groups -OCH3 is 2. The minimum Gasteiger partial charge on any atom is -0.493 e. The molecule has 0 saturated carbocycles. The summed E-state index contributed by atoms with van der Waals surface area (Å²) in [5.41, 5.74) is 3.60. The molecular formula is C32H31N3O4S. The molecule has 1 heterocycles. The molecule has 1 aliphatic heterocycles. The van der Waals surface area contributed by atoms with Crippen molar-refractivity contribution < 1.29 is 19.1 Å². The quantitative estimate of drug-likeness (QED) is 0.261. The summed E-state index contributed by atoms with van der Waals surface area (Å²) in [4.78, 5) is 33.1. The van der Waals surface area contributed by atoms with Gasteiger partial charge in [-0.25, -0.2) is 4.99 Å². The van der Waals surface area contributed by atoms with Gasteiger partial charge in [0.1, 0.15) is 5.25 Å². The highest BCUT2D eigenvalue weighted by Gasteiger charge is 2.39. The number of hydrogen-bond acceptors (Lipinski definition) is 6. The first-order chi connectivity index (χ1) is 19.4. The second-order valence-electron chi connectivity index (χ2n) is 9.58. The summed E-state index contributed by atoms with van der Waals surface area (Å²) in [6.45, 7) is 2.44. The number of aryl methyl sites for hydroxylation is 1. The maximum atomic E-state index is 13.6. The van der Waals surface area contributed by atoms with Crippen molar-refractivity contribution in [2.24, 2.45) is 4.99 Å². The standard InChI is InChI=1S/C32H31N3O4S/c1-21-8-12-25(13-9-21)34-32-35(17-16-22-10-15-27(38-2)28(18-22)39-3)31(37)29(40-32)20-30(36)33-26-14-11-23-6-4-5-7-24(23)19-26/h4-15,18-19,29H,16-17,20H2,1-3H3,(H,33,36)/t29-/m0/s1. The van der Waals surface area contributed by atoms with Gasteiger partial charge in [0.2, 0.25) is 11.8 Å². The number of rotatable bonds is 9. The van der Waals surface area contributed by atoms with Crippen LogP contribution in [0.5, 0.6) is 11.5 Å². The fourth-order valence-electron chi connectivity index (χ4n) is 4.59. The normalized spacial score (nSPS) is 16.0. The molecule has 0 spiro atoms. The minimum absolute atomic E-state index is 0.0517. The van der Waals surface area contributed by atoms with E-state index in [0.29, 0.717) is 35.3 Å². The molecule has 4 aromatic carbocycles. The summed E-state index contributed by atoms with van der Waals surface area (Å²) >= 11 is 1.34. The van der Waals surface area contributed by atoms with Crippen molar-refractivity contribution >= 4 is 50.9 Å². The van der Waals surface area contributed by atoms with Crippen LogP contribution in [-0.4, -0.2) is 47.9 Å². The molecule has 1 atom stereocenters. The van der Waals surface area contributed by atoms with Crippen molar-refractivity contribution in [2.45, 2.75) is 25.0 Å². The fourth-order valence-corrected chi connectivity index (χ4v) is 5.77. The van der Waals surface area contributed by atoms with Crippen molar-refractivity contribution in [2.75, 3.05) is 26.1 Å². The molecule has 204 valence electrons. The van der Waals surface area contributed by atoms with Crippen molar-refractivity contribution in [3.63, 3.8) is 0 Å². The zero-order chi connectivity index (χ0) is 28.1. The first-order valence-corrected chi connectivity index (χ1v) is 13.9. The monoisotopic (exact) mass is 553 g/mol. The number of carbonyl (C=O) groups is 2. The van der Waals surface area contributed by atoms with Gasteiger partial charge in [-0.3, -0.25) is 14.5 Å². The number of carbonyl (C=O) groups excluding carboxylic acids is 2. The number of anilines is 1. The number of aliphatic imine (C=N–C) groups is 1. The van der Waals surface area contributed by atoms with E-state index in [9.17, 15) is 9.59 Å². The lowest BCUT2D eigenvalue weighted by Gasteiger charge is -2.17. The summed E-state index contributed by atoms with van der Waals surface area (Å²) in [5.74, 6) is 0.958. The van der Waals surface area contributed by atoms with E-state index in [1.165, 1.54) is 11.8 Å². The van der Waals surface area contributed by atoms with E-state index < -0.39 is 5.25 Å². The molecule has 0 aliphatic carbocycles. The molecular weight excluding hydrogens is 522 g/mol. The maximum absolute atomic E-state index is 13.6. The van der Waals surface area contributed by atoms with Crippen LogP contribution in [0.25, 0.3) is 10.8 Å². The predicted octanol–water partition coefficient (Wildman–Crippen LogP) is 6.37. The molecule has 7 nitrogen and oxygen atoms in total. The second-order valence-corrected chi connectivity index (χ2v) is 10.7. The van der Waals surface area contributed by atoms with Gasteiger partial charge in [0.15, 0.2) is 16.7 Å². The van der Waals surface area contributed by atoms with Gasteiger partial charge in [-0.2, -0.15) is 0 Å². The molecule has 1 fully saturated rings. The molecule has 0 radical (unpaired) electrons. The molecule has 2 amide bonds. The van der Waals surface area contributed by atoms with Gasteiger partial charge in [-0.15, -0.1) is 0 Å². The zero-order valence-electron chi connectivity index (χ0n) is 22.7. The Kier molecular flexibility index (Phi) is 8.36. The fraction of sp³-hybridized carbons (Fsp3) is 0.219. The van der Waals surface area contributed by atoms with Crippen LogP contribution in [0, 0.1) is 6.92 Å². The number of amidine groups is 1. The summed E-state index contributed by atoms with van der Waals surface area (Å²) in [5, 5.41) is 5.14. The molecule has 8 heteroatoms. The van der Waals surface area contributed by atoms with Crippen LogP contribution in [0.2, 0.25) is 0 Å². The number of thioether (sulfide) groups is 1. The Balaban J connectivity index is 1.32. The Morgan fingerprint density at radius 3 is 2.42 bits per heavy atom. The summed E-state index contributed by atoms with van der Waals surface area (Å²) in [6, 6.07) is 27.3. The Labute approximate surface area is 238 Å². The highest BCUT2D eigenvalue weighted by atomic mass is 32.2. The Morgan fingerprint density at radius 2 is 1.68 bits per heavy atom. The zero-order valence-corrected chi connectivity index (χ0v) is 23.5. The maximum Gasteiger partial charge on any atom is 0.242 e. The van der Waals surface area contributed by atoms with Crippen molar-refractivity contribution in [1.29, 1.82) is 0 Å². The number of ether oxygens (including phenoxy) is 2. The van der Waals surface area contributed by atoms with Gasteiger partial charge >= 0.3 is 0 Å². The third kappa shape index (κ3) is 6.29. The molecule has 0 unspecified atom stereocenters. The smallest absolute Gasteiger partial charge is 0.242 e. The molecule has 5 rings (SSSR count). The van der Waals surface area contributed by atoms with Gasteiger partial charge in [-0.05, 0) is 66.1 Å². The van der Waals surface area contributed by atoms with Crippen LogP contribution < -0.4 is 14.8 Å². The van der Waals surface area contributed by atoms with E-state index in [0.717, 1.165) is 27.6 Å². The van der Waals surface area contributed by atoms with Gasteiger partial charge in [-0.1, -0.05) is 65.9 Å². The Bertz CT molecular complexity index is 1570. The number of benzene rings is 4. The van der Waals surface area contributed by atoms with E-state index in [4.69, 9.17) is 14.5 Å². The van der Waals surface area contributed by atoms with Crippen molar-refractivity contribution in [3.05, 3.63) is 96.1 Å². The number of nitrogens with one attached hydrogen (secondary N) is 1. The largest absolute Gasteiger partial charge is 0.493 e. The van der Waals surface area contributed by atoms with Gasteiger partial charge < -0.3 is 14.8 Å². The van der Waals surface area contributed by atoms with Crippen LogP contribution in [0.15, 0.2) is 89.9 Å². The highest BCUT2D eigenvalue weighted by Crippen LogP contribution is 2.33. The lowest BCUT2D eigenvalue weighted by molar-refractivity contribution is -0.128. The molecule has 1 N–H and O–H groups in total. The topological polar surface area (TPSA) is 80.2 Å². The number of nitrogens with zero attached hydrogens (tertiary/aromatic N) is 2. The Hall–Kier alpha value is -4.30. The molecule has 1 aliphatic rings. The van der Waals surface area contributed by atoms with Crippen molar-refractivity contribution in [1.82, 2.24) is 4.90 Å². The average molecular weight is 554 g/mol. The van der Waals surface area contributed by atoms with Crippen LogP contribution in [0.4, 0.5) is 11.4 Å². The first kappa shape index (κ1) is 27.3. The predicted molar refractivity (Wildman–Crippen MR) is 162 cm³/mol. The molecule has 40 heavy (non-hydrogen) atoms. The van der Waals surface area contributed by atoms with Crippen LogP contribution in [0.3, 0.4) is 0 Å². The summed E-state index contributed by atoms with van der Waals surface area (Å²) in [6.07, 6.45) is 0.645. The lowest BCUT2D eigenvalue weighted by atomic mass is 10.1. The molecule has 0 aromatic heterocycles. The van der Waals surface area contributed by atoms with Gasteiger partial charge in [0, 0.05) is 18.7 Å². The highest BCUT2D eigenvalue weighted by molar-refractivity contribution is 8.15. The summed E-state index contributed by atoms with van der Waals surface area (Å²) in [7, 11) is 3.20. The van der Waals surface area contributed by atoms with Crippen LogP contribution >= 0.6 is 11.8 Å². The third-order valence-corrected chi connectivity index (χ3v) is 7.93. The third-order valence-electron chi connectivity index (χ3n) is 6.75. The molecule has 1 saturated heterocycles. The minimum atomic E-state index is -0.560. The number of fused-ring (bicyclic) bond motifs is 1. The number of amides is 2. The van der Waals surface area contributed by atoms with Crippen LogP contribution in [0.1, 0.15) is 17.5 Å². The molecule has 0 bridgehead atoms. The van der Waals surface area contributed by atoms with Crippen molar-refractivity contribution in [3.8, 4) is 11.5 Å². The number of hydrogen-bond donors (Lipinski definition) is 1. The van der Waals surface area contributed by atoms with Crippen LogP contribution in [-0.2, 0) is 16.0 Å². The van der Waals surface area contributed by atoms with Gasteiger partial charge in [0.05, 0.1) is 19.9 Å². The molecule has 4 aromatic rings. The average Bonchev–Trinajstić information content (AvgIpc) is 3.25. The Morgan fingerprint density at radius 1 is 0.925 bits per heavy atom. The lowest BCUT2D eigenvalue weighted by Crippen LogP contribution is -2.35. The van der Waals surface area contributed by atoms with Gasteiger partial charge in [0.25, 0.3) is 0 Å².